The molecule has 1 N–H and O–H groups in total. The Balaban J connectivity index is 1.22. The number of aromatic nitrogens is 5. The van der Waals surface area contributed by atoms with Crippen LogP contribution in [0.25, 0.3) is 0 Å². The molecule has 2 atom stereocenters. The molecule has 0 bridgehead atoms. The molecule has 0 radical (unpaired) electrons. The van der Waals surface area contributed by atoms with Gasteiger partial charge >= 0.3 is 0 Å². The van der Waals surface area contributed by atoms with Gasteiger partial charge in [0.05, 0.1) is 6.20 Å². The molecule has 1 aromatic carbocycles. The SMILES string of the molecule is CC(C)n1cc(CN2CC3Cc4nnc(C(=O)NCc5ccccc5)n4CC3C2)cn1. The van der Waals surface area contributed by atoms with Crippen molar-refractivity contribution in [3.63, 3.8) is 0 Å². The highest BCUT2D eigenvalue weighted by Crippen LogP contribution is 2.33. The number of likely N-dealkylation sites (tertiary alicyclic amines) is 1. The topological polar surface area (TPSA) is 80.9 Å². The van der Waals surface area contributed by atoms with Gasteiger partial charge in [-0.1, -0.05) is 30.3 Å². The van der Waals surface area contributed by atoms with Gasteiger partial charge in [-0.05, 0) is 31.2 Å². The minimum Gasteiger partial charge on any atom is -0.345 e. The second-order valence-corrected chi connectivity index (χ2v) is 9.06. The van der Waals surface area contributed by atoms with E-state index >= 15 is 0 Å². The van der Waals surface area contributed by atoms with E-state index in [0.29, 0.717) is 30.2 Å². The molecule has 4 heterocycles. The zero-order valence-corrected chi connectivity index (χ0v) is 18.1. The van der Waals surface area contributed by atoms with Crippen LogP contribution >= 0.6 is 0 Å². The van der Waals surface area contributed by atoms with Gasteiger partial charge in [0.2, 0.25) is 5.82 Å². The van der Waals surface area contributed by atoms with Crippen molar-refractivity contribution in [3.8, 4) is 0 Å². The van der Waals surface area contributed by atoms with Crippen LogP contribution in [0, 0.1) is 11.8 Å². The Morgan fingerprint density at radius 3 is 2.68 bits per heavy atom. The average Bonchev–Trinajstić information content (AvgIpc) is 3.49. The van der Waals surface area contributed by atoms with E-state index in [0.717, 1.165) is 44.0 Å². The third-order valence-corrected chi connectivity index (χ3v) is 6.43. The summed E-state index contributed by atoms with van der Waals surface area (Å²) in [4.78, 5) is 15.3. The van der Waals surface area contributed by atoms with Gasteiger partial charge in [-0.15, -0.1) is 10.2 Å². The molecule has 1 fully saturated rings. The lowest BCUT2D eigenvalue weighted by Crippen LogP contribution is -2.32. The summed E-state index contributed by atoms with van der Waals surface area (Å²) in [6.07, 6.45) is 5.01. The molecular weight excluding hydrogens is 390 g/mol. The second-order valence-electron chi connectivity index (χ2n) is 9.06. The molecule has 8 nitrogen and oxygen atoms in total. The summed E-state index contributed by atoms with van der Waals surface area (Å²) in [5, 5.41) is 16.0. The molecule has 8 heteroatoms. The number of nitrogens with zero attached hydrogens (tertiary/aromatic N) is 6. The van der Waals surface area contributed by atoms with Crippen LogP contribution in [0.15, 0.2) is 42.7 Å². The normalized spacial score (nSPS) is 20.6. The molecule has 2 aromatic heterocycles. The third kappa shape index (κ3) is 4.12. The van der Waals surface area contributed by atoms with E-state index < -0.39 is 0 Å². The average molecular weight is 420 g/mol. The maximum atomic E-state index is 12.8. The number of carbonyl (C=O) groups excluding carboxylic acids is 1. The first-order valence-electron chi connectivity index (χ1n) is 11.1. The van der Waals surface area contributed by atoms with Crippen molar-refractivity contribution in [2.45, 2.75) is 45.9 Å². The Morgan fingerprint density at radius 1 is 1.10 bits per heavy atom. The number of hydrogen-bond donors (Lipinski definition) is 1. The molecule has 162 valence electrons. The number of carbonyl (C=O) groups is 1. The predicted molar refractivity (Wildman–Crippen MR) is 116 cm³/mol. The first-order valence-corrected chi connectivity index (χ1v) is 11.1. The smallest absolute Gasteiger partial charge is 0.289 e. The van der Waals surface area contributed by atoms with Gasteiger partial charge in [0, 0.05) is 56.9 Å². The van der Waals surface area contributed by atoms with Gasteiger partial charge in [-0.25, -0.2) is 0 Å². The summed E-state index contributed by atoms with van der Waals surface area (Å²) in [5.41, 5.74) is 2.33. The minimum absolute atomic E-state index is 0.156. The van der Waals surface area contributed by atoms with Crippen molar-refractivity contribution in [1.82, 2.24) is 34.8 Å². The van der Waals surface area contributed by atoms with Crippen molar-refractivity contribution in [2.75, 3.05) is 13.1 Å². The van der Waals surface area contributed by atoms with E-state index in [1.165, 1.54) is 5.56 Å². The lowest BCUT2D eigenvalue weighted by Gasteiger charge is -2.25. The number of benzene rings is 1. The highest BCUT2D eigenvalue weighted by Gasteiger charge is 2.39. The fourth-order valence-corrected chi connectivity index (χ4v) is 4.78. The van der Waals surface area contributed by atoms with E-state index in [9.17, 15) is 4.79 Å². The quantitative estimate of drug-likeness (QED) is 0.663. The summed E-state index contributed by atoms with van der Waals surface area (Å²) in [6, 6.07) is 10.3. The predicted octanol–water partition coefficient (Wildman–Crippen LogP) is 2.29. The van der Waals surface area contributed by atoms with E-state index in [-0.39, 0.29) is 5.91 Å². The number of hydrogen-bond acceptors (Lipinski definition) is 5. The summed E-state index contributed by atoms with van der Waals surface area (Å²) >= 11 is 0. The lowest BCUT2D eigenvalue weighted by atomic mass is 9.89. The molecule has 3 aromatic rings. The van der Waals surface area contributed by atoms with Crippen LogP contribution in [0.4, 0.5) is 0 Å². The van der Waals surface area contributed by atoms with E-state index in [4.69, 9.17) is 0 Å². The zero-order chi connectivity index (χ0) is 21.4. The van der Waals surface area contributed by atoms with Crippen molar-refractivity contribution in [1.29, 1.82) is 0 Å². The summed E-state index contributed by atoms with van der Waals surface area (Å²) in [5.74, 6) is 2.29. The molecule has 0 aliphatic carbocycles. The fraction of sp³-hybridized carbons (Fsp3) is 0.478. The van der Waals surface area contributed by atoms with Gasteiger partial charge < -0.3 is 9.88 Å². The van der Waals surface area contributed by atoms with Crippen molar-refractivity contribution in [2.24, 2.45) is 11.8 Å². The van der Waals surface area contributed by atoms with Gasteiger partial charge in [0.25, 0.3) is 5.91 Å². The largest absolute Gasteiger partial charge is 0.345 e. The van der Waals surface area contributed by atoms with Gasteiger partial charge in [0.15, 0.2) is 0 Å². The summed E-state index contributed by atoms with van der Waals surface area (Å²) in [7, 11) is 0. The van der Waals surface area contributed by atoms with E-state index in [1.807, 2.05) is 45.8 Å². The van der Waals surface area contributed by atoms with Gasteiger partial charge in [0.1, 0.15) is 5.82 Å². The third-order valence-electron chi connectivity index (χ3n) is 6.43. The molecule has 2 aliphatic rings. The maximum Gasteiger partial charge on any atom is 0.289 e. The Hall–Kier alpha value is -3.00. The number of fused-ring (bicyclic) bond motifs is 2. The molecule has 0 saturated carbocycles. The molecule has 5 rings (SSSR count). The highest BCUT2D eigenvalue weighted by molar-refractivity contribution is 5.90. The monoisotopic (exact) mass is 419 g/mol. The van der Waals surface area contributed by atoms with Crippen molar-refractivity contribution < 1.29 is 4.79 Å². The van der Waals surface area contributed by atoms with Crippen LogP contribution < -0.4 is 5.32 Å². The minimum atomic E-state index is -0.156. The van der Waals surface area contributed by atoms with Crippen LogP contribution in [0.5, 0.6) is 0 Å². The molecule has 2 unspecified atom stereocenters. The van der Waals surface area contributed by atoms with Crippen molar-refractivity contribution >= 4 is 5.91 Å². The van der Waals surface area contributed by atoms with Crippen molar-refractivity contribution in [3.05, 3.63) is 65.5 Å². The zero-order valence-electron chi connectivity index (χ0n) is 18.1. The molecule has 1 amide bonds. The Bertz CT molecular complexity index is 1060. The summed E-state index contributed by atoms with van der Waals surface area (Å²) < 4.78 is 4.04. The molecular formula is C23H29N7O. The second kappa shape index (κ2) is 8.26. The first-order chi connectivity index (χ1) is 15.1. The number of nitrogens with one attached hydrogen (secondary N) is 1. The fourth-order valence-electron chi connectivity index (χ4n) is 4.78. The van der Waals surface area contributed by atoms with E-state index in [2.05, 4.69) is 45.6 Å². The lowest BCUT2D eigenvalue weighted by molar-refractivity contribution is 0.0932. The highest BCUT2D eigenvalue weighted by atomic mass is 16.2. The maximum absolute atomic E-state index is 12.8. The first kappa shape index (κ1) is 19.9. The summed E-state index contributed by atoms with van der Waals surface area (Å²) in [6.45, 7) is 8.59. The Kier molecular flexibility index (Phi) is 5.31. The standard InChI is InChI=1S/C23H29N7O/c1-16(2)30-12-18(10-25-30)11-28-13-19-8-21-26-27-22(29(21)15-20(19)14-28)23(31)24-9-17-6-4-3-5-7-17/h3-7,10,12,16,19-20H,8-9,11,13-15H2,1-2H3,(H,24,31). The molecule has 2 aliphatic heterocycles. The molecule has 0 spiro atoms. The van der Waals surface area contributed by atoms with Crippen LogP contribution in [0.2, 0.25) is 0 Å². The van der Waals surface area contributed by atoms with E-state index in [1.54, 1.807) is 0 Å². The number of rotatable bonds is 6. The molecule has 1 saturated heterocycles. The van der Waals surface area contributed by atoms with Crippen LogP contribution in [-0.2, 0) is 26.1 Å². The van der Waals surface area contributed by atoms with Crippen LogP contribution in [-0.4, -0.2) is 48.4 Å². The van der Waals surface area contributed by atoms with Gasteiger partial charge in [-0.3, -0.25) is 14.4 Å². The Labute approximate surface area is 182 Å². The van der Waals surface area contributed by atoms with Crippen LogP contribution in [0.1, 0.15) is 47.5 Å². The number of amides is 1. The Morgan fingerprint density at radius 2 is 1.90 bits per heavy atom. The van der Waals surface area contributed by atoms with Crippen LogP contribution in [0.3, 0.4) is 0 Å². The molecule has 31 heavy (non-hydrogen) atoms. The van der Waals surface area contributed by atoms with Gasteiger partial charge in [-0.2, -0.15) is 5.10 Å².